The molecule has 88 valence electrons. The summed E-state index contributed by atoms with van der Waals surface area (Å²) in [6.07, 6.45) is 6.77. The molecule has 16 heavy (non-hydrogen) atoms. The highest BCUT2D eigenvalue weighted by molar-refractivity contribution is 5.02. The van der Waals surface area contributed by atoms with E-state index in [1.807, 2.05) is 19.2 Å². The lowest BCUT2D eigenvalue weighted by Gasteiger charge is -2.16. The molecule has 1 aliphatic rings. The van der Waals surface area contributed by atoms with Gasteiger partial charge in [0.1, 0.15) is 5.82 Å². The van der Waals surface area contributed by atoms with Gasteiger partial charge in [-0.2, -0.15) is 0 Å². The Bertz CT molecular complexity index is 334. The zero-order valence-corrected chi connectivity index (χ0v) is 10.2. The Labute approximate surface area is 97.7 Å². The van der Waals surface area contributed by atoms with Crippen molar-refractivity contribution < 1.29 is 0 Å². The van der Waals surface area contributed by atoms with E-state index in [-0.39, 0.29) is 0 Å². The van der Waals surface area contributed by atoms with Gasteiger partial charge in [-0.1, -0.05) is 6.92 Å². The average Bonchev–Trinajstić information content (AvgIpc) is 3.08. The molecule has 0 saturated heterocycles. The van der Waals surface area contributed by atoms with E-state index in [1.165, 1.54) is 19.3 Å². The molecule has 1 N–H and O–H groups in total. The lowest BCUT2D eigenvalue weighted by Crippen LogP contribution is -2.34. The lowest BCUT2D eigenvalue weighted by atomic mass is 10.1. The Kier molecular flexibility index (Phi) is 3.88. The van der Waals surface area contributed by atoms with Crippen LogP contribution in [-0.2, 0) is 6.42 Å². The number of hydrogen-bond donors (Lipinski definition) is 1. The standard InChI is InChI=1S/C13H21N3/c1-3-7-14-12(11-4-5-11)9-13-15-8-6-10(2)16-13/h6,8,11-12,14H,3-5,7,9H2,1-2H3. The van der Waals surface area contributed by atoms with Gasteiger partial charge in [0, 0.05) is 24.4 Å². The third-order valence-corrected chi connectivity index (χ3v) is 3.09. The molecule has 0 aliphatic heterocycles. The Hall–Kier alpha value is -0.960. The fourth-order valence-corrected chi connectivity index (χ4v) is 2.03. The number of aryl methyl sites for hydroxylation is 1. The molecular weight excluding hydrogens is 198 g/mol. The summed E-state index contributed by atoms with van der Waals surface area (Å²) in [6, 6.07) is 2.54. The van der Waals surface area contributed by atoms with E-state index in [0.29, 0.717) is 6.04 Å². The molecule has 1 unspecified atom stereocenters. The van der Waals surface area contributed by atoms with E-state index in [0.717, 1.165) is 30.4 Å². The van der Waals surface area contributed by atoms with Crippen LogP contribution >= 0.6 is 0 Å². The minimum atomic E-state index is 0.585. The topological polar surface area (TPSA) is 37.8 Å². The molecule has 0 amide bonds. The molecule has 0 bridgehead atoms. The quantitative estimate of drug-likeness (QED) is 0.796. The van der Waals surface area contributed by atoms with Crippen molar-refractivity contribution in [3.8, 4) is 0 Å². The molecule has 1 fully saturated rings. The van der Waals surface area contributed by atoms with E-state index in [1.54, 1.807) is 0 Å². The third kappa shape index (κ3) is 3.27. The van der Waals surface area contributed by atoms with Crippen LogP contribution in [0.25, 0.3) is 0 Å². The molecular formula is C13H21N3. The molecule has 1 heterocycles. The lowest BCUT2D eigenvalue weighted by molar-refractivity contribution is 0.451. The van der Waals surface area contributed by atoms with Crippen molar-refractivity contribution in [3.63, 3.8) is 0 Å². The van der Waals surface area contributed by atoms with Crippen molar-refractivity contribution in [1.29, 1.82) is 0 Å². The average molecular weight is 219 g/mol. The number of nitrogens with one attached hydrogen (secondary N) is 1. The van der Waals surface area contributed by atoms with E-state index >= 15 is 0 Å². The van der Waals surface area contributed by atoms with Gasteiger partial charge < -0.3 is 5.32 Å². The summed E-state index contributed by atoms with van der Waals surface area (Å²) in [4.78, 5) is 8.83. The number of hydrogen-bond acceptors (Lipinski definition) is 3. The van der Waals surface area contributed by atoms with Crippen molar-refractivity contribution >= 4 is 0 Å². The molecule has 0 radical (unpaired) electrons. The summed E-state index contributed by atoms with van der Waals surface area (Å²) >= 11 is 0. The first-order valence-electron chi connectivity index (χ1n) is 6.31. The Morgan fingerprint density at radius 3 is 2.94 bits per heavy atom. The van der Waals surface area contributed by atoms with E-state index in [4.69, 9.17) is 0 Å². The molecule has 0 aromatic carbocycles. The number of nitrogens with zero attached hydrogens (tertiary/aromatic N) is 2. The fraction of sp³-hybridized carbons (Fsp3) is 0.692. The van der Waals surface area contributed by atoms with E-state index < -0.39 is 0 Å². The van der Waals surface area contributed by atoms with Crippen LogP contribution in [0.1, 0.15) is 37.7 Å². The highest BCUT2D eigenvalue weighted by Crippen LogP contribution is 2.33. The summed E-state index contributed by atoms with van der Waals surface area (Å²) in [6.45, 7) is 5.34. The molecule has 1 aromatic rings. The summed E-state index contributed by atoms with van der Waals surface area (Å²) in [5.41, 5.74) is 1.06. The Morgan fingerprint density at radius 1 is 1.50 bits per heavy atom. The third-order valence-electron chi connectivity index (χ3n) is 3.09. The van der Waals surface area contributed by atoms with Gasteiger partial charge in [-0.05, 0) is 44.7 Å². The van der Waals surface area contributed by atoms with Gasteiger partial charge in [0.15, 0.2) is 0 Å². The van der Waals surface area contributed by atoms with Crippen LogP contribution in [0.2, 0.25) is 0 Å². The molecule has 0 spiro atoms. The van der Waals surface area contributed by atoms with Crippen LogP contribution in [0.5, 0.6) is 0 Å². The van der Waals surface area contributed by atoms with Crippen molar-refractivity contribution in [2.75, 3.05) is 6.54 Å². The van der Waals surface area contributed by atoms with Crippen LogP contribution in [0, 0.1) is 12.8 Å². The largest absolute Gasteiger partial charge is 0.313 e. The first-order valence-corrected chi connectivity index (χ1v) is 6.31. The number of rotatable bonds is 6. The minimum absolute atomic E-state index is 0.585. The predicted molar refractivity (Wildman–Crippen MR) is 65.3 cm³/mol. The zero-order valence-electron chi connectivity index (χ0n) is 10.2. The summed E-state index contributed by atoms with van der Waals surface area (Å²) in [5, 5.41) is 3.62. The van der Waals surface area contributed by atoms with Gasteiger partial charge in [0.05, 0.1) is 0 Å². The minimum Gasteiger partial charge on any atom is -0.313 e. The van der Waals surface area contributed by atoms with Crippen molar-refractivity contribution in [3.05, 3.63) is 23.8 Å². The molecule has 1 aromatic heterocycles. The monoisotopic (exact) mass is 219 g/mol. The van der Waals surface area contributed by atoms with Gasteiger partial charge in [-0.3, -0.25) is 0 Å². The van der Waals surface area contributed by atoms with Crippen LogP contribution < -0.4 is 5.32 Å². The highest BCUT2D eigenvalue weighted by Gasteiger charge is 2.31. The Morgan fingerprint density at radius 2 is 2.31 bits per heavy atom. The predicted octanol–water partition coefficient (Wildman–Crippen LogP) is 2.11. The Balaban J connectivity index is 1.94. The van der Waals surface area contributed by atoms with Crippen molar-refractivity contribution in [2.24, 2.45) is 5.92 Å². The maximum absolute atomic E-state index is 4.48. The first kappa shape index (κ1) is 11.5. The van der Waals surface area contributed by atoms with Gasteiger partial charge in [0.25, 0.3) is 0 Å². The molecule has 1 saturated carbocycles. The van der Waals surface area contributed by atoms with Crippen LogP contribution in [0.15, 0.2) is 12.3 Å². The van der Waals surface area contributed by atoms with E-state index in [2.05, 4.69) is 22.2 Å². The van der Waals surface area contributed by atoms with Crippen LogP contribution in [0.4, 0.5) is 0 Å². The van der Waals surface area contributed by atoms with Gasteiger partial charge in [-0.25, -0.2) is 9.97 Å². The fourth-order valence-electron chi connectivity index (χ4n) is 2.03. The summed E-state index contributed by atoms with van der Waals surface area (Å²) in [7, 11) is 0. The maximum Gasteiger partial charge on any atom is 0.130 e. The van der Waals surface area contributed by atoms with E-state index in [9.17, 15) is 0 Å². The normalized spacial score (nSPS) is 17.4. The summed E-state index contributed by atoms with van der Waals surface area (Å²) < 4.78 is 0. The highest BCUT2D eigenvalue weighted by atomic mass is 15.0. The van der Waals surface area contributed by atoms with Crippen molar-refractivity contribution in [1.82, 2.24) is 15.3 Å². The second-order valence-corrected chi connectivity index (χ2v) is 4.72. The smallest absolute Gasteiger partial charge is 0.130 e. The van der Waals surface area contributed by atoms with Gasteiger partial charge in [0.2, 0.25) is 0 Å². The summed E-state index contributed by atoms with van der Waals surface area (Å²) in [5.74, 6) is 1.84. The second-order valence-electron chi connectivity index (χ2n) is 4.72. The van der Waals surface area contributed by atoms with Crippen molar-refractivity contribution in [2.45, 2.75) is 45.6 Å². The SMILES string of the molecule is CCCNC(Cc1nccc(C)n1)C1CC1. The van der Waals surface area contributed by atoms with Gasteiger partial charge in [-0.15, -0.1) is 0 Å². The zero-order chi connectivity index (χ0) is 11.4. The first-order chi connectivity index (χ1) is 7.79. The van der Waals surface area contributed by atoms with Crippen LogP contribution in [-0.4, -0.2) is 22.6 Å². The molecule has 1 atom stereocenters. The molecule has 1 aliphatic carbocycles. The molecule has 3 nitrogen and oxygen atoms in total. The second kappa shape index (κ2) is 5.39. The van der Waals surface area contributed by atoms with Gasteiger partial charge >= 0.3 is 0 Å². The maximum atomic E-state index is 4.48. The van der Waals surface area contributed by atoms with Crippen LogP contribution in [0.3, 0.4) is 0 Å². The number of aromatic nitrogens is 2. The molecule has 2 rings (SSSR count). The molecule has 3 heteroatoms.